The molecule has 1 aromatic carbocycles. The van der Waals surface area contributed by atoms with Gasteiger partial charge in [0.15, 0.2) is 5.79 Å². The molecule has 0 bridgehead atoms. The van der Waals surface area contributed by atoms with Gasteiger partial charge in [0.1, 0.15) is 0 Å². The van der Waals surface area contributed by atoms with E-state index in [0.29, 0.717) is 51.7 Å². The average Bonchev–Trinajstić information content (AvgIpc) is 2.57. The maximum absolute atomic E-state index is 10.8. The van der Waals surface area contributed by atoms with Crippen LogP contribution in [0.4, 0.5) is 0 Å². The van der Waals surface area contributed by atoms with Crippen LogP contribution in [-0.4, -0.2) is 46.5 Å². The van der Waals surface area contributed by atoms with Gasteiger partial charge in [-0.25, -0.2) is 0 Å². The van der Waals surface area contributed by atoms with Crippen molar-refractivity contribution in [2.45, 2.75) is 81.8 Å². The van der Waals surface area contributed by atoms with Crippen molar-refractivity contribution in [3.8, 4) is 0 Å². The van der Waals surface area contributed by atoms with Crippen LogP contribution in [-0.2, 0) is 20.8 Å². The normalized spacial score (nSPS) is 36.6. The molecule has 0 radical (unpaired) electrons. The van der Waals surface area contributed by atoms with E-state index in [0.717, 1.165) is 5.56 Å². The smallest absolute Gasteiger partial charge is 0.174 e. The first-order valence-electron chi connectivity index (χ1n) is 9.88. The molecule has 2 aliphatic heterocycles. The number of rotatable bonds is 7. The fraction of sp³-hybridized carbons (Fsp3) is 0.636. The second-order valence-electron chi connectivity index (χ2n) is 8.21. The van der Waals surface area contributed by atoms with E-state index in [4.69, 9.17) is 14.2 Å². The van der Waals surface area contributed by atoms with Crippen LogP contribution >= 0.6 is 0 Å². The molecule has 2 aliphatic rings. The molecule has 2 heterocycles. The molecule has 27 heavy (non-hydrogen) atoms. The zero-order valence-electron chi connectivity index (χ0n) is 16.2. The fourth-order valence-electron chi connectivity index (χ4n) is 4.34. The van der Waals surface area contributed by atoms with Gasteiger partial charge < -0.3 is 24.4 Å². The molecule has 5 atom stereocenters. The highest BCUT2D eigenvalue weighted by Crippen LogP contribution is 2.44. The van der Waals surface area contributed by atoms with E-state index in [2.05, 4.69) is 6.58 Å². The molecule has 0 aromatic heterocycles. The van der Waals surface area contributed by atoms with Gasteiger partial charge in [-0.15, -0.1) is 6.58 Å². The standard InChI is InChI=1S/C22H32O5/c1-3-7-19-12-18(23)13-22(26-19)16-21(2,24)14-20(27-22)10-11-25-15-17-8-5-4-6-9-17/h3-6,8-9,18-20,23-24H,1,7,10-16H2,2H3/t18-,19-,20-,21-,22+/m0/s1. The Kier molecular flexibility index (Phi) is 6.71. The number of benzene rings is 1. The molecular formula is C22H32O5. The Labute approximate surface area is 161 Å². The minimum absolute atomic E-state index is 0.130. The van der Waals surface area contributed by atoms with Gasteiger partial charge in [-0.2, -0.15) is 0 Å². The second kappa shape index (κ2) is 8.84. The minimum Gasteiger partial charge on any atom is -0.393 e. The van der Waals surface area contributed by atoms with Crippen LogP contribution in [0.2, 0.25) is 0 Å². The van der Waals surface area contributed by atoms with Gasteiger partial charge in [0, 0.05) is 32.3 Å². The third-order valence-corrected chi connectivity index (χ3v) is 5.29. The first kappa shape index (κ1) is 20.5. The Morgan fingerprint density at radius 2 is 1.96 bits per heavy atom. The predicted octanol–water partition coefficient (Wildman–Crippen LogP) is 3.34. The third-order valence-electron chi connectivity index (χ3n) is 5.29. The quantitative estimate of drug-likeness (QED) is 0.564. The zero-order chi connectivity index (χ0) is 19.3. The maximum Gasteiger partial charge on any atom is 0.174 e. The summed E-state index contributed by atoms with van der Waals surface area (Å²) in [6.45, 7) is 6.69. The molecule has 5 heteroatoms. The molecule has 5 nitrogen and oxygen atoms in total. The summed E-state index contributed by atoms with van der Waals surface area (Å²) in [5.41, 5.74) is 0.245. The molecular weight excluding hydrogens is 344 g/mol. The second-order valence-corrected chi connectivity index (χ2v) is 8.21. The topological polar surface area (TPSA) is 68.2 Å². The SMILES string of the molecule is C=CC[C@H]1C[C@H](O)C[C@@]2(C[C@@](C)(O)C[C@H](CCOCc3ccccc3)O2)O1. The van der Waals surface area contributed by atoms with Gasteiger partial charge >= 0.3 is 0 Å². The van der Waals surface area contributed by atoms with E-state index >= 15 is 0 Å². The van der Waals surface area contributed by atoms with Crippen molar-refractivity contribution in [1.29, 1.82) is 0 Å². The monoisotopic (exact) mass is 376 g/mol. The Balaban J connectivity index is 1.57. The highest BCUT2D eigenvalue weighted by atomic mass is 16.7. The largest absolute Gasteiger partial charge is 0.393 e. The molecule has 1 spiro atoms. The van der Waals surface area contributed by atoms with E-state index in [9.17, 15) is 10.2 Å². The summed E-state index contributed by atoms with van der Waals surface area (Å²) < 4.78 is 18.3. The lowest BCUT2D eigenvalue weighted by Gasteiger charge is -2.51. The predicted molar refractivity (Wildman–Crippen MR) is 103 cm³/mol. The van der Waals surface area contributed by atoms with Crippen molar-refractivity contribution in [2.24, 2.45) is 0 Å². The van der Waals surface area contributed by atoms with Gasteiger partial charge in [0.25, 0.3) is 0 Å². The summed E-state index contributed by atoms with van der Waals surface area (Å²) in [6, 6.07) is 10.0. The van der Waals surface area contributed by atoms with E-state index in [1.165, 1.54) is 0 Å². The van der Waals surface area contributed by atoms with Crippen LogP contribution in [0.15, 0.2) is 43.0 Å². The number of aliphatic hydroxyl groups is 2. The van der Waals surface area contributed by atoms with E-state index < -0.39 is 17.5 Å². The van der Waals surface area contributed by atoms with Crippen molar-refractivity contribution in [1.82, 2.24) is 0 Å². The molecule has 0 saturated carbocycles. The highest BCUT2D eigenvalue weighted by molar-refractivity contribution is 5.13. The first-order valence-corrected chi connectivity index (χ1v) is 9.88. The van der Waals surface area contributed by atoms with Gasteiger partial charge in [0.2, 0.25) is 0 Å². The summed E-state index contributed by atoms with van der Waals surface area (Å²) in [5.74, 6) is -0.933. The summed E-state index contributed by atoms with van der Waals surface area (Å²) in [4.78, 5) is 0. The summed E-state index contributed by atoms with van der Waals surface area (Å²) in [6.07, 6.45) is 4.21. The van der Waals surface area contributed by atoms with Crippen LogP contribution in [0.3, 0.4) is 0 Å². The van der Waals surface area contributed by atoms with Crippen LogP contribution in [0.5, 0.6) is 0 Å². The maximum atomic E-state index is 10.8. The lowest BCUT2D eigenvalue weighted by atomic mass is 9.81. The first-order chi connectivity index (χ1) is 12.9. The van der Waals surface area contributed by atoms with Crippen LogP contribution in [0.1, 0.15) is 51.0 Å². The number of hydrogen-bond acceptors (Lipinski definition) is 5. The summed E-state index contributed by atoms with van der Waals surface area (Å²) >= 11 is 0. The number of ether oxygens (including phenoxy) is 3. The Morgan fingerprint density at radius 1 is 1.22 bits per heavy atom. The van der Waals surface area contributed by atoms with Crippen molar-refractivity contribution < 1.29 is 24.4 Å². The Bertz CT molecular complexity index is 602. The number of aliphatic hydroxyl groups excluding tert-OH is 1. The Hall–Kier alpha value is -1.24. The fourth-order valence-corrected chi connectivity index (χ4v) is 4.34. The molecule has 2 N–H and O–H groups in total. The van der Waals surface area contributed by atoms with Crippen LogP contribution < -0.4 is 0 Å². The molecule has 2 saturated heterocycles. The van der Waals surface area contributed by atoms with Gasteiger partial charge in [-0.05, 0) is 25.3 Å². The van der Waals surface area contributed by atoms with Gasteiger partial charge in [-0.1, -0.05) is 36.4 Å². The van der Waals surface area contributed by atoms with E-state index in [1.807, 2.05) is 37.3 Å². The zero-order valence-corrected chi connectivity index (χ0v) is 16.2. The van der Waals surface area contributed by atoms with E-state index in [-0.39, 0.29) is 12.2 Å². The molecule has 0 unspecified atom stereocenters. The molecule has 0 amide bonds. The van der Waals surface area contributed by atoms with Crippen LogP contribution in [0.25, 0.3) is 0 Å². The van der Waals surface area contributed by atoms with Crippen LogP contribution in [0, 0.1) is 0 Å². The van der Waals surface area contributed by atoms with E-state index in [1.54, 1.807) is 6.08 Å². The van der Waals surface area contributed by atoms with Crippen molar-refractivity contribution in [3.05, 3.63) is 48.6 Å². The van der Waals surface area contributed by atoms with Crippen molar-refractivity contribution in [2.75, 3.05) is 6.61 Å². The third kappa shape index (κ3) is 5.87. The molecule has 2 fully saturated rings. The minimum atomic E-state index is -0.933. The lowest BCUT2D eigenvalue weighted by molar-refractivity contribution is -0.350. The molecule has 150 valence electrons. The van der Waals surface area contributed by atoms with Gasteiger partial charge in [0.05, 0.1) is 30.5 Å². The molecule has 3 rings (SSSR count). The van der Waals surface area contributed by atoms with Gasteiger partial charge in [-0.3, -0.25) is 0 Å². The Morgan fingerprint density at radius 3 is 2.70 bits per heavy atom. The van der Waals surface area contributed by atoms with Crippen molar-refractivity contribution in [3.63, 3.8) is 0 Å². The average molecular weight is 376 g/mol. The van der Waals surface area contributed by atoms with Crippen molar-refractivity contribution >= 4 is 0 Å². The number of hydrogen-bond donors (Lipinski definition) is 2. The summed E-state index contributed by atoms with van der Waals surface area (Å²) in [7, 11) is 0. The molecule has 0 aliphatic carbocycles. The highest BCUT2D eigenvalue weighted by Gasteiger charge is 2.51. The summed E-state index contributed by atoms with van der Waals surface area (Å²) in [5, 5.41) is 21.1. The lowest BCUT2D eigenvalue weighted by Crippen LogP contribution is -2.58. The molecule has 1 aromatic rings.